The summed E-state index contributed by atoms with van der Waals surface area (Å²) in [5, 5.41) is 19.6. The molecule has 0 unspecified atom stereocenters. The summed E-state index contributed by atoms with van der Waals surface area (Å²) >= 11 is 0. The molecule has 0 bridgehead atoms. The van der Waals surface area contributed by atoms with Crippen LogP contribution in [0.3, 0.4) is 0 Å². The van der Waals surface area contributed by atoms with Crippen molar-refractivity contribution in [3.63, 3.8) is 0 Å². The van der Waals surface area contributed by atoms with E-state index in [9.17, 15) is 14.9 Å². The van der Waals surface area contributed by atoms with Gasteiger partial charge in [0.2, 0.25) is 5.88 Å². The van der Waals surface area contributed by atoms with Crippen LogP contribution in [0.4, 0.5) is 5.69 Å². The summed E-state index contributed by atoms with van der Waals surface area (Å²) in [7, 11) is 0. The van der Waals surface area contributed by atoms with Gasteiger partial charge in [0.1, 0.15) is 17.5 Å². The first kappa shape index (κ1) is 12.4. The van der Waals surface area contributed by atoms with E-state index in [1.807, 2.05) is 0 Å². The van der Waals surface area contributed by atoms with Gasteiger partial charge in [-0.3, -0.25) is 15.1 Å². The van der Waals surface area contributed by atoms with E-state index in [2.05, 4.69) is 9.97 Å². The number of nitrogens with zero attached hydrogens (tertiary/aromatic N) is 3. The highest BCUT2D eigenvalue weighted by Gasteiger charge is 2.21. The Bertz CT molecular complexity index is 629. The van der Waals surface area contributed by atoms with Crippen LogP contribution in [-0.4, -0.2) is 26.0 Å². The first-order valence-corrected chi connectivity index (χ1v) is 5.03. The van der Waals surface area contributed by atoms with Crippen LogP contribution in [0.1, 0.15) is 10.4 Å². The van der Waals surface area contributed by atoms with E-state index in [0.29, 0.717) is 5.75 Å². The highest BCUT2D eigenvalue weighted by molar-refractivity contribution is 5.92. The van der Waals surface area contributed by atoms with Crippen LogP contribution >= 0.6 is 0 Å². The zero-order valence-corrected chi connectivity index (χ0v) is 9.39. The molecule has 2 heterocycles. The topological polar surface area (TPSA) is 115 Å². The fourth-order valence-electron chi connectivity index (χ4n) is 1.33. The number of ether oxygens (including phenoxy) is 1. The van der Waals surface area contributed by atoms with Gasteiger partial charge in [-0.05, 0) is 12.1 Å². The van der Waals surface area contributed by atoms with Crippen LogP contribution in [0, 0.1) is 10.1 Å². The molecule has 8 heteroatoms. The molecular formula is C11H7N3O5. The fourth-order valence-corrected chi connectivity index (χ4v) is 1.33. The Morgan fingerprint density at radius 2 is 2.21 bits per heavy atom. The normalized spacial score (nSPS) is 9.89. The second kappa shape index (κ2) is 5.08. The Kier molecular flexibility index (Phi) is 3.33. The largest absolute Gasteiger partial charge is 0.477 e. The highest BCUT2D eigenvalue weighted by Crippen LogP contribution is 2.24. The Balaban J connectivity index is 2.36. The number of hydrogen-bond donors (Lipinski definition) is 1. The second-order valence-corrected chi connectivity index (χ2v) is 3.39. The first-order chi connectivity index (χ1) is 9.08. The number of aromatic carboxylic acids is 1. The van der Waals surface area contributed by atoms with Gasteiger partial charge >= 0.3 is 11.7 Å². The van der Waals surface area contributed by atoms with Gasteiger partial charge in [-0.15, -0.1) is 0 Å². The number of pyridine rings is 2. The van der Waals surface area contributed by atoms with Gasteiger partial charge in [-0.25, -0.2) is 9.78 Å². The molecule has 0 atom stereocenters. The third-order valence-corrected chi connectivity index (χ3v) is 2.14. The smallest absolute Gasteiger partial charge is 0.342 e. The summed E-state index contributed by atoms with van der Waals surface area (Å²) in [6.07, 6.45) is 3.79. The monoisotopic (exact) mass is 261 g/mol. The molecule has 8 nitrogen and oxygen atoms in total. The lowest BCUT2D eigenvalue weighted by Crippen LogP contribution is -2.04. The molecule has 0 spiro atoms. The van der Waals surface area contributed by atoms with Crippen LogP contribution in [0.25, 0.3) is 0 Å². The molecule has 0 aliphatic rings. The van der Waals surface area contributed by atoms with E-state index >= 15 is 0 Å². The number of nitro groups is 1. The van der Waals surface area contributed by atoms with Crippen molar-refractivity contribution < 1.29 is 19.6 Å². The lowest BCUT2D eigenvalue weighted by Gasteiger charge is -2.04. The summed E-state index contributed by atoms with van der Waals surface area (Å²) in [6.45, 7) is 0. The van der Waals surface area contributed by atoms with Crippen molar-refractivity contribution in [1.82, 2.24) is 9.97 Å². The van der Waals surface area contributed by atoms with Crippen molar-refractivity contribution in [3.05, 3.63) is 52.5 Å². The standard InChI is InChI=1S/C11H7N3O5/c15-11(16)8-4-10(13-6-9(8)14(17)18)19-7-2-1-3-12-5-7/h1-6H,(H,15,16). The fraction of sp³-hybridized carbons (Fsp3) is 0. The minimum Gasteiger partial charge on any atom is -0.477 e. The summed E-state index contributed by atoms with van der Waals surface area (Å²) in [5.41, 5.74) is -1.08. The molecule has 2 aromatic rings. The molecule has 0 aliphatic carbocycles. The van der Waals surface area contributed by atoms with E-state index in [1.165, 1.54) is 6.20 Å². The van der Waals surface area contributed by atoms with Gasteiger partial charge < -0.3 is 9.84 Å². The Morgan fingerprint density at radius 1 is 1.42 bits per heavy atom. The van der Waals surface area contributed by atoms with Gasteiger partial charge in [0.25, 0.3) is 0 Å². The van der Waals surface area contributed by atoms with E-state index in [-0.39, 0.29) is 5.88 Å². The number of carboxylic acids is 1. The molecule has 0 aromatic carbocycles. The molecule has 0 aliphatic heterocycles. The number of hydrogen-bond acceptors (Lipinski definition) is 6. The summed E-state index contributed by atoms with van der Waals surface area (Å²) in [6, 6.07) is 4.21. The average Bonchev–Trinajstić information content (AvgIpc) is 2.39. The molecule has 2 aromatic heterocycles. The summed E-state index contributed by atoms with van der Waals surface area (Å²) in [4.78, 5) is 28.3. The number of aromatic nitrogens is 2. The predicted molar refractivity (Wildman–Crippen MR) is 62.2 cm³/mol. The Labute approximate surface area is 106 Å². The Hall–Kier alpha value is -3.03. The minimum absolute atomic E-state index is 0.0593. The quantitative estimate of drug-likeness (QED) is 0.659. The number of rotatable bonds is 4. The van der Waals surface area contributed by atoms with Gasteiger partial charge in [-0.2, -0.15) is 0 Å². The molecule has 0 saturated carbocycles. The van der Waals surface area contributed by atoms with Crippen molar-refractivity contribution >= 4 is 11.7 Å². The van der Waals surface area contributed by atoms with E-state index in [0.717, 1.165) is 12.3 Å². The van der Waals surface area contributed by atoms with Crippen molar-refractivity contribution in [2.45, 2.75) is 0 Å². The molecule has 1 N–H and O–H groups in total. The van der Waals surface area contributed by atoms with Crippen LogP contribution in [0.2, 0.25) is 0 Å². The van der Waals surface area contributed by atoms with Crippen molar-refractivity contribution in [2.24, 2.45) is 0 Å². The summed E-state index contributed by atoms with van der Waals surface area (Å²) in [5.74, 6) is -1.14. The van der Waals surface area contributed by atoms with Gasteiger partial charge in [0, 0.05) is 12.3 Å². The molecular weight excluding hydrogens is 254 g/mol. The molecule has 0 amide bonds. The van der Waals surface area contributed by atoms with E-state index in [4.69, 9.17) is 9.84 Å². The molecule has 96 valence electrons. The first-order valence-electron chi connectivity index (χ1n) is 5.03. The zero-order valence-electron chi connectivity index (χ0n) is 9.39. The van der Waals surface area contributed by atoms with Crippen LogP contribution in [0.15, 0.2) is 36.8 Å². The van der Waals surface area contributed by atoms with Gasteiger partial charge in [0.15, 0.2) is 0 Å². The minimum atomic E-state index is -1.43. The van der Waals surface area contributed by atoms with Crippen LogP contribution in [-0.2, 0) is 0 Å². The predicted octanol–water partition coefficient (Wildman–Crippen LogP) is 1.88. The molecule has 0 fully saturated rings. The maximum atomic E-state index is 10.9. The lowest BCUT2D eigenvalue weighted by molar-refractivity contribution is -0.385. The van der Waals surface area contributed by atoms with Crippen molar-refractivity contribution in [1.29, 1.82) is 0 Å². The molecule has 0 radical (unpaired) electrons. The molecule has 19 heavy (non-hydrogen) atoms. The van der Waals surface area contributed by atoms with E-state index < -0.39 is 22.1 Å². The van der Waals surface area contributed by atoms with Gasteiger partial charge in [-0.1, -0.05) is 0 Å². The Morgan fingerprint density at radius 3 is 2.79 bits per heavy atom. The van der Waals surface area contributed by atoms with Gasteiger partial charge in [0.05, 0.1) is 11.1 Å². The van der Waals surface area contributed by atoms with Crippen molar-refractivity contribution in [2.75, 3.05) is 0 Å². The third-order valence-electron chi connectivity index (χ3n) is 2.14. The van der Waals surface area contributed by atoms with Crippen LogP contribution < -0.4 is 4.74 Å². The average molecular weight is 261 g/mol. The highest BCUT2D eigenvalue weighted by atomic mass is 16.6. The number of carbonyl (C=O) groups is 1. The number of carboxylic acid groups (broad SMARTS) is 1. The second-order valence-electron chi connectivity index (χ2n) is 3.39. The molecule has 2 rings (SSSR count). The lowest BCUT2D eigenvalue weighted by atomic mass is 10.2. The van der Waals surface area contributed by atoms with Crippen molar-refractivity contribution in [3.8, 4) is 11.6 Å². The maximum absolute atomic E-state index is 10.9. The maximum Gasteiger partial charge on any atom is 0.342 e. The third kappa shape index (κ3) is 2.80. The molecule has 0 saturated heterocycles. The van der Waals surface area contributed by atoms with Crippen LogP contribution in [0.5, 0.6) is 11.6 Å². The zero-order chi connectivity index (χ0) is 13.8. The van der Waals surface area contributed by atoms with E-state index in [1.54, 1.807) is 18.3 Å². The summed E-state index contributed by atoms with van der Waals surface area (Å²) < 4.78 is 5.24. The SMILES string of the molecule is O=C(O)c1cc(Oc2cccnc2)ncc1[N+](=O)[O-].